The number of rotatable bonds is 13. The van der Waals surface area contributed by atoms with E-state index in [9.17, 15) is 9.59 Å². The second-order valence-corrected chi connectivity index (χ2v) is 9.37. The van der Waals surface area contributed by atoms with Crippen molar-refractivity contribution in [1.82, 2.24) is 14.4 Å². The van der Waals surface area contributed by atoms with Crippen LogP contribution in [-0.2, 0) is 22.6 Å². The van der Waals surface area contributed by atoms with Crippen LogP contribution in [0.25, 0.3) is 0 Å². The van der Waals surface area contributed by atoms with Crippen LogP contribution in [0.2, 0.25) is 0 Å². The van der Waals surface area contributed by atoms with Crippen molar-refractivity contribution >= 4 is 11.8 Å². The minimum atomic E-state index is -0.154. The molecule has 3 rings (SSSR count). The molecule has 0 aliphatic heterocycles. The Hall–Kier alpha value is -3.38. The molecule has 2 aromatic carbocycles. The Kier molecular flexibility index (Phi) is 10.3. The van der Waals surface area contributed by atoms with E-state index >= 15 is 0 Å². The van der Waals surface area contributed by atoms with Crippen molar-refractivity contribution in [1.29, 1.82) is 0 Å². The van der Waals surface area contributed by atoms with Crippen molar-refractivity contribution in [2.24, 2.45) is 0 Å². The maximum atomic E-state index is 13.5. The predicted molar refractivity (Wildman–Crippen MR) is 144 cm³/mol. The average Bonchev–Trinajstić information content (AvgIpc) is 3.30. The van der Waals surface area contributed by atoms with Crippen LogP contribution in [0.3, 0.4) is 0 Å². The van der Waals surface area contributed by atoms with Crippen LogP contribution >= 0.6 is 0 Å². The summed E-state index contributed by atoms with van der Waals surface area (Å²) in [7, 11) is 1.60. The Morgan fingerprint density at radius 1 is 0.917 bits per heavy atom. The molecule has 0 spiro atoms. The lowest BCUT2D eigenvalue weighted by Crippen LogP contribution is -2.44. The van der Waals surface area contributed by atoms with Crippen molar-refractivity contribution in [3.63, 3.8) is 0 Å². The summed E-state index contributed by atoms with van der Waals surface area (Å²) >= 11 is 0. The van der Waals surface area contributed by atoms with Crippen molar-refractivity contribution in [2.75, 3.05) is 33.4 Å². The number of amides is 2. The lowest BCUT2D eigenvalue weighted by atomic mass is 10.1. The topological polar surface area (TPSA) is 54.8 Å². The van der Waals surface area contributed by atoms with Gasteiger partial charge in [0.1, 0.15) is 6.54 Å². The molecule has 0 aliphatic rings. The van der Waals surface area contributed by atoms with Gasteiger partial charge in [-0.15, -0.1) is 0 Å². The molecule has 0 saturated carbocycles. The molecule has 0 N–H and O–H groups in total. The van der Waals surface area contributed by atoms with Crippen LogP contribution in [0.15, 0.2) is 66.9 Å². The Morgan fingerprint density at radius 2 is 1.69 bits per heavy atom. The molecule has 1 aromatic heterocycles. The van der Waals surface area contributed by atoms with Gasteiger partial charge in [0, 0.05) is 44.2 Å². The summed E-state index contributed by atoms with van der Waals surface area (Å²) in [5.74, 6) is -0.206. The Balaban J connectivity index is 1.75. The Morgan fingerprint density at radius 3 is 2.39 bits per heavy atom. The lowest BCUT2D eigenvalue weighted by molar-refractivity contribution is -0.132. The van der Waals surface area contributed by atoms with E-state index in [2.05, 4.69) is 54.9 Å². The first kappa shape index (κ1) is 27.2. The molecule has 6 nitrogen and oxygen atoms in total. The first-order valence-corrected chi connectivity index (χ1v) is 12.7. The van der Waals surface area contributed by atoms with E-state index in [-0.39, 0.29) is 18.4 Å². The van der Waals surface area contributed by atoms with E-state index in [0.29, 0.717) is 31.8 Å². The maximum Gasteiger partial charge on any atom is 0.254 e. The minimum Gasteiger partial charge on any atom is -0.383 e. The summed E-state index contributed by atoms with van der Waals surface area (Å²) < 4.78 is 7.42. The van der Waals surface area contributed by atoms with Gasteiger partial charge in [0.2, 0.25) is 5.91 Å². The zero-order chi connectivity index (χ0) is 25.9. The molecule has 0 atom stereocenters. The summed E-state index contributed by atoms with van der Waals surface area (Å²) in [4.78, 5) is 30.2. The fraction of sp³-hybridized carbons (Fsp3) is 0.400. The van der Waals surface area contributed by atoms with Gasteiger partial charge in [0.15, 0.2) is 0 Å². The van der Waals surface area contributed by atoms with Crippen molar-refractivity contribution in [3.05, 3.63) is 94.8 Å². The first-order valence-electron chi connectivity index (χ1n) is 12.7. The van der Waals surface area contributed by atoms with Crippen molar-refractivity contribution < 1.29 is 14.3 Å². The van der Waals surface area contributed by atoms with Crippen LogP contribution in [-0.4, -0.2) is 59.5 Å². The van der Waals surface area contributed by atoms with E-state index < -0.39 is 0 Å². The number of carbonyl (C=O) groups excluding carboxylic acids is 2. The van der Waals surface area contributed by atoms with E-state index in [1.165, 1.54) is 11.1 Å². The Bertz CT molecular complexity index is 1120. The van der Waals surface area contributed by atoms with Crippen LogP contribution < -0.4 is 0 Å². The van der Waals surface area contributed by atoms with Gasteiger partial charge in [-0.3, -0.25) is 9.59 Å². The van der Waals surface area contributed by atoms with Crippen LogP contribution in [0.5, 0.6) is 0 Å². The highest BCUT2D eigenvalue weighted by Gasteiger charge is 2.23. The number of nitrogens with zero attached hydrogens (tertiary/aromatic N) is 3. The second kappa shape index (κ2) is 13.6. The molecule has 3 aromatic rings. The zero-order valence-electron chi connectivity index (χ0n) is 22.1. The molecule has 1 heterocycles. The van der Waals surface area contributed by atoms with Gasteiger partial charge in [-0.05, 0) is 50.1 Å². The summed E-state index contributed by atoms with van der Waals surface area (Å²) in [5.41, 5.74) is 5.21. The summed E-state index contributed by atoms with van der Waals surface area (Å²) in [5, 5.41) is 0. The number of benzene rings is 2. The van der Waals surface area contributed by atoms with Crippen LogP contribution in [0.4, 0.5) is 0 Å². The molecular formula is C30H39N3O3. The molecule has 2 amide bonds. The lowest BCUT2D eigenvalue weighted by Gasteiger charge is -2.28. The summed E-state index contributed by atoms with van der Waals surface area (Å²) in [6.45, 7) is 8.88. The van der Waals surface area contributed by atoms with E-state index in [1.807, 2.05) is 42.2 Å². The van der Waals surface area contributed by atoms with Gasteiger partial charge in [0.05, 0.1) is 13.2 Å². The third-order valence-corrected chi connectivity index (χ3v) is 6.32. The molecule has 0 aliphatic carbocycles. The molecule has 0 saturated heterocycles. The summed E-state index contributed by atoms with van der Waals surface area (Å²) in [6, 6.07) is 20.0. The number of hydrogen-bond donors (Lipinski definition) is 0. The molecule has 0 radical (unpaired) electrons. The normalized spacial score (nSPS) is 10.9. The molecule has 192 valence electrons. The number of carbonyl (C=O) groups is 2. The minimum absolute atomic E-state index is 0.0262. The fourth-order valence-corrected chi connectivity index (χ4v) is 4.19. The maximum absolute atomic E-state index is 13.5. The molecule has 0 fully saturated rings. The molecular weight excluding hydrogens is 450 g/mol. The van der Waals surface area contributed by atoms with Crippen molar-refractivity contribution in [3.8, 4) is 0 Å². The van der Waals surface area contributed by atoms with Crippen LogP contribution in [0.1, 0.15) is 52.5 Å². The first-order chi connectivity index (χ1) is 17.4. The number of hydrogen-bond acceptors (Lipinski definition) is 3. The number of aromatic nitrogens is 1. The molecule has 6 heteroatoms. The van der Waals surface area contributed by atoms with Gasteiger partial charge in [-0.25, -0.2) is 0 Å². The predicted octanol–water partition coefficient (Wildman–Crippen LogP) is 5.07. The summed E-state index contributed by atoms with van der Waals surface area (Å²) in [6.07, 6.45) is 3.96. The number of aryl methyl sites for hydroxylation is 2. The van der Waals surface area contributed by atoms with Gasteiger partial charge in [-0.2, -0.15) is 0 Å². The Labute approximate surface area is 215 Å². The van der Waals surface area contributed by atoms with Crippen molar-refractivity contribution in [2.45, 2.75) is 46.7 Å². The third kappa shape index (κ3) is 7.82. The monoisotopic (exact) mass is 489 g/mol. The highest BCUT2D eigenvalue weighted by molar-refractivity contribution is 5.96. The van der Waals surface area contributed by atoms with Crippen LogP contribution in [0, 0.1) is 13.8 Å². The van der Waals surface area contributed by atoms with E-state index in [0.717, 1.165) is 30.6 Å². The van der Waals surface area contributed by atoms with Gasteiger partial charge in [-0.1, -0.05) is 60.9 Å². The number of ether oxygens (including phenoxy) is 1. The van der Waals surface area contributed by atoms with E-state index in [1.54, 1.807) is 12.0 Å². The largest absolute Gasteiger partial charge is 0.383 e. The second-order valence-electron chi connectivity index (χ2n) is 9.37. The third-order valence-electron chi connectivity index (χ3n) is 6.32. The highest BCUT2D eigenvalue weighted by atomic mass is 16.5. The fourth-order valence-electron chi connectivity index (χ4n) is 4.19. The average molecular weight is 490 g/mol. The standard InChI is InChI=1S/C30H39N3O3/c1-5-6-16-32(22-28-11-8-17-31(28)21-26-10-7-9-25(3)20-26)29(34)23-33(18-19-36-4)30(35)27-14-12-24(2)13-15-27/h7-15,17,20H,5-6,16,18-19,21-23H2,1-4H3. The highest BCUT2D eigenvalue weighted by Crippen LogP contribution is 2.14. The smallest absolute Gasteiger partial charge is 0.254 e. The van der Waals surface area contributed by atoms with E-state index in [4.69, 9.17) is 4.74 Å². The number of unbranched alkanes of at least 4 members (excludes halogenated alkanes) is 1. The molecule has 0 unspecified atom stereocenters. The zero-order valence-corrected chi connectivity index (χ0v) is 22.1. The van der Waals surface area contributed by atoms with Gasteiger partial charge in [0.25, 0.3) is 5.91 Å². The quantitative estimate of drug-likeness (QED) is 0.337. The molecule has 0 bridgehead atoms. The number of methoxy groups -OCH3 is 1. The SMILES string of the molecule is CCCCN(Cc1cccn1Cc1cccc(C)c1)C(=O)CN(CCOC)C(=O)c1ccc(C)cc1. The molecule has 36 heavy (non-hydrogen) atoms. The van der Waals surface area contributed by atoms with Gasteiger partial charge >= 0.3 is 0 Å². The van der Waals surface area contributed by atoms with Gasteiger partial charge < -0.3 is 19.1 Å².